The number of ether oxygens (including phenoxy) is 4. The highest BCUT2D eigenvalue weighted by atomic mass is 16.5. The van der Waals surface area contributed by atoms with Crippen molar-refractivity contribution in [2.45, 2.75) is 37.1 Å². The van der Waals surface area contributed by atoms with Gasteiger partial charge in [0.05, 0.1) is 40.6 Å². The van der Waals surface area contributed by atoms with Crippen LogP contribution < -0.4 is 30.4 Å². The molecule has 0 bridgehead atoms. The number of methoxy groups -OCH3 is 4. The van der Waals surface area contributed by atoms with Gasteiger partial charge < -0.3 is 40.6 Å². The molecule has 2 aromatic carbocycles. The van der Waals surface area contributed by atoms with E-state index in [1.807, 2.05) is 24.3 Å². The molecule has 0 aliphatic heterocycles. The fourth-order valence-corrected chi connectivity index (χ4v) is 3.26. The molecule has 0 spiro atoms. The number of nitrogens with two attached hydrogens (primary N) is 2. The zero-order valence-corrected chi connectivity index (χ0v) is 17.9. The van der Waals surface area contributed by atoms with Crippen LogP contribution >= 0.6 is 0 Å². The highest BCUT2D eigenvalue weighted by Gasteiger charge is 2.29. The summed E-state index contributed by atoms with van der Waals surface area (Å²) in [6, 6.07) is 9.27. The van der Waals surface area contributed by atoms with E-state index < -0.39 is 24.3 Å². The second-order valence-electron chi connectivity index (χ2n) is 7.16. The van der Waals surface area contributed by atoms with Gasteiger partial charge in [-0.1, -0.05) is 0 Å². The Morgan fingerprint density at radius 3 is 1.10 bits per heavy atom. The van der Waals surface area contributed by atoms with Crippen LogP contribution in [0.1, 0.15) is 11.1 Å². The smallest absolute Gasteiger partial charge is 0.122 e. The second-order valence-corrected chi connectivity index (χ2v) is 7.16. The lowest BCUT2D eigenvalue weighted by atomic mass is 9.92. The van der Waals surface area contributed by atoms with Crippen molar-refractivity contribution in [1.82, 2.24) is 0 Å². The van der Waals surface area contributed by atoms with Crippen LogP contribution in [-0.2, 0) is 12.8 Å². The summed E-state index contributed by atoms with van der Waals surface area (Å²) in [5, 5.41) is 21.2. The van der Waals surface area contributed by atoms with Gasteiger partial charge >= 0.3 is 0 Å². The summed E-state index contributed by atoms with van der Waals surface area (Å²) < 4.78 is 21.0. The van der Waals surface area contributed by atoms with Gasteiger partial charge in [-0.25, -0.2) is 0 Å². The van der Waals surface area contributed by atoms with Crippen molar-refractivity contribution in [3.05, 3.63) is 47.5 Å². The number of aliphatic hydroxyl groups excluding tert-OH is 2. The first kappa shape index (κ1) is 23.8. The van der Waals surface area contributed by atoms with E-state index in [-0.39, 0.29) is 0 Å². The van der Waals surface area contributed by atoms with Crippen LogP contribution in [0.4, 0.5) is 0 Å². The maximum Gasteiger partial charge on any atom is 0.122 e. The third-order valence-electron chi connectivity index (χ3n) is 4.99. The average Bonchev–Trinajstić information content (AvgIpc) is 2.76. The molecule has 0 saturated carbocycles. The summed E-state index contributed by atoms with van der Waals surface area (Å²) in [6.45, 7) is 0. The Balaban J connectivity index is 2.06. The monoisotopic (exact) mass is 420 g/mol. The molecule has 8 nitrogen and oxygen atoms in total. The van der Waals surface area contributed by atoms with E-state index in [0.29, 0.717) is 35.8 Å². The predicted molar refractivity (Wildman–Crippen MR) is 114 cm³/mol. The van der Waals surface area contributed by atoms with Crippen LogP contribution in [0, 0.1) is 0 Å². The van der Waals surface area contributed by atoms with Gasteiger partial charge in [-0.15, -0.1) is 0 Å². The van der Waals surface area contributed by atoms with E-state index in [9.17, 15) is 10.2 Å². The minimum absolute atomic E-state index is 0.311. The number of rotatable bonds is 11. The largest absolute Gasteiger partial charge is 0.497 e. The summed E-state index contributed by atoms with van der Waals surface area (Å²) in [5.41, 5.74) is 14.0. The molecule has 2 rings (SSSR count). The standard InChI is InChI=1S/C22H32N2O6/c1-27-15-5-13(6-16(11-15)28-2)9-19(23)21(25)22(26)20(24)10-14-7-17(29-3)12-18(8-14)30-4/h5-8,11-12,19-22,25-26H,9-10,23-24H2,1-4H3/t19-,20-,21+,22+/m1/s1. The topological polar surface area (TPSA) is 129 Å². The van der Waals surface area contributed by atoms with Gasteiger partial charge in [0.2, 0.25) is 0 Å². The number of hydrogen-bond donors (Lipinski definition) is 4. The quantitative estimate of drug-likeness (QED) is 0.422. The molecule has 0 saturated heterocycles. The summed E-state index contributed by atoms with van der Waals surface area (Å²) in [7, 11) is 6.24. The Bertz CT molecular complexity index is 704. The molecular weight excluding hydrogens is 388 g/mol. The minimum Gasteiger partial charge on any atom is -0.497 e. The number of hydrogen-bond acceptors (Lipinski definition) is 8. The average molecular weight is 421 g/mol. The molecule has 4 atom stereocenters. The van der Waals surface area contributed by atoms with E-state index in [2.05, 4.69) is 0 Å². The first-order chi connectivity index (χ1) is 14.3. The molecule has 30 heavy (non-hydrogen) atoms. The molecular formula is C22H32N2O6. The SMILES string of the molecule is COc1cc(C[C@@H](N)[C@H](O)[C@@H](O)[C@H](N)Cc2cc(OC)cc(OC)c2)cc(OC)c1. The second kappa shape index (κ2) is 11.0. The maximum absolute atomic E-state index is 10.6. The number of benzene rings is 2. The maximum atomic E-state index is 10.6. The molecule has 0 radical (unpaired) electrons. The third kappa shape index (κ3) is 6.24. The van der Waals surface area contributed by atoms with Crippen LogP contribution in [0.2, 0.25) is 0 Å². The summed E-state index contributed by atoms with van der Waals surface area (Å²) in [6.07, 6.45) is -1.81. The first-order valence-corrected chi connectivity index (χ1v) is 9.62. The molecule has 2 aromatic rings. The lowest BCUT2D eigenvalue weighted by Gasteiger charge is -2.28. The Labute approximate surface area is 177 Å². The van der Waals surface area contributed by atoms with Crippen molar-refractivity contribution >= 4 is 0 Å². The van der Waals surface area contributed by atoms with Gasteiger partial charge in [-0.05, 0) is 48.2 Å². The van der Waals surface area contributed by atoms with Crippen LogP contribution in [0.15, 0.2) is 36.4 Å². The highest BCUT2D eigenvalue weighted by Crippen LogP contribution is 2.25. The minimum atomic E-state index is -1.22. The Morgan fingerprint density at radius 2 is 0.867 bits per heavy atom. The van der Waals surface area contributed by atoms with Crippen molar-refractivity contribution in [3.8, 4) is 23.0 Å². The van der Waals surface area contributed by atoms with Crippen LogP contribution in [-0.4, -0.2) is 62.9 Å². The Hall–Kier alpha value is -2.52. The zero-order chi connectivity index (χ0) is 22.3. The molecule has 0 unspecified atom stereocenters. The number of aliphatic hydroxyl groups is 2. The molecule has 0 aliphatic rings. The van der Waals surface area contributed by atoms with Crippen molar-refractivity contribution < 1.29 is 29.2 Å². The molecule has 0 aliphatic carbocycles. The van der Waals surface area contributed by atoms with Crippen LogP contribution in [0.25, 0.3) is 0 Å². The molecule has 0 fully saturated rings. The van der Waals surface area contributed by atoms with Crippen LogP contribution in [0.5, 0.6) is 23.0 Å². The van der Waals surface area contributed by atoms with Crippen molar-refractivity contribution in [2.75, 3.05) is 28.4 Å². The van der Waals surface area contributed by atoms with Gasteiger partial charge in [0.15, 0.2) is 0 Å². The van der Waals surface area contributed by atoms with Gasteiger partial charge in [0, 0.05) is 24.2 Å². The normalized spacial score (nSPS) is 15.1. The molecule has 0 heterocycles. The highest BCUT2D eigenvalue weighted by molar-refractivity contribution is 5.39. The van der Waals surface area contributed by atoms with E-state index in [1.165, 1.54) is 0 Å². The van der Waals surface area contributed by atoms with Gasteiger partial charge in [-0.2, -0.15) is 0 Å². The fourth-order valence-electron chi connectivity index (χ4n) is 3.26. The molecule has 8 heteroatoms. The Morgan fingerprint density at radius 1 is 0.600 bits per heavy atom. The Kier molecular flexibility index (Phi) is 8.73. The first-order valence-electron chi connectivity index (χ1n) is 9.62. The molecule has 6 N–H and O–H groups in total. The third-order valence-corrected chi connectivity index (χ3v) is 4.99. The van der Waals surface area contributed by atoms with E-state index in [1.54, 1.807) is 40.6 Å². The lowest BCUT2D eigenvalue weighted by Crippen LogP contribution is -2.52. The molecule has 0 aromatic heterocycles. The predicted octanol–water partition coefficient (Wildman–Crippen LogP) is 0.883. The molecule has 0 amide bonds. The summed E-state index contributed by atoms with van der Waals surface area (Å²) in [5.74, 6) is 2.48. The van der Waals surface area contributed by atoms with E-state index in [0.717, 1.165) is 11.1 Å². The summed E-state index contributed by atoms with van der Waals surface area (Å²) in [4.78, 5) is 0. The van der Waals surface area contributed by atoms with Gasteiger partial charge in [0.25, 0.3) is 0 Å². The van der Waals surface area contributed by atoms with Gasteiger partial charge in [0.1, 0.15) is 23.0 Å². The van der Waals surface area contributed by atoms with Crippen molar-refractivity contribution in [1.29, 1.82) is 0 Å². The molecule has 166 valence electrons. The zero-order valence-electron chi connectivity index (χ0n) is 17.9. The van der Waals surface area contributed by atoms with Crippen molar-refractivity contribution in [2.24, 2.45) is 11.5 Å². The van der Waals surface area contributed by atoms with Crippen LogP contribution in [0.3, 0.4) is 0 Å². The lowest BCUT2D eigenvalue weighted by molar-refractivity contribution is -0.00978. The van der Waals surface area contributed by atoms with E-state index >= 15 is 0 Å². The fraction of sp³-hybridized carbons (Fsp3) is 0.455. The van der Waals surface area contributed by atoms with Crippen molar-refractivity contribution in [3.63, 3.8) is 0 Å². The van der Waals surface area contributed by atoms with Gasteiger partial charge in [-0.3, -0.25) is 0 Å². The van der Waals surface area contributed by atoms with E-state index in [4.69, 9.17) is 30.4 Å². The summed E-state index contributed by atoms with van der Waals surface area (Å²) >= 11 is 0.